The molecule has 2 heterocycles. The van der Waals surface area contributed by atoms with Gasteiger partial charge in [0.05, 0.1) is 0 Å². The number of nitrogen functional groups attached to an aromatic ring is 1. The zero-order chi connectivity index (χ0) is 15.0. The maximum absolute atomic E-state index is 11.7. The molecule has 6 nitrogen and oxygen atoms in total. The lowest BCUT2D eigenvalue weighted by Crippen LogP contribution is -2.00. The second-order valence-electron chi connectivity index (χ2n) is 4.37. The van der Waals surface area contributed by atoms with Gasteiger partial charge in [0.1, 0.15) is 11.3 Å². The van der Waals surface area contributed by atoms with E-state index < -0.39 is 5.63 Å². The van der Waals surface area contributed by atoms with Gasteiger partial charge in [-0.1, -0.05) is 23.1 Å². The van der Waals surface area contributed by atoms with E-state index in [1.165, 1.54) is 29.2 Å². The molecule has 108 valence electrons. The molecule has 3 N–H and O–H groups in total. The number of aryl methyl sites for hydroxylation is 1. The van der Waals surface area contributed by atoms with Crippen LogP contribution < -0.4 is 11.4 Å². The van der Waals surface area contributed by atoms with Crippen molar-refractivity contribution >= 4 is 39.2 Å². The quantitative estimate of drug-likeness (QED) is 0.564. The molecular weight excluding hydrogens is 310 g/mol. The van der Waals surface area contributed by atoms with Gasteiger partial charge in [-0.25, -0.2) is 4.79 Å². The maximum Gasteiger partial charge on any atom is 0.336 e. The van der Waals surface area contributed by atoms with Gasteiger partial charge in [0.25, 0.3) is 0 Å². The molecule has 0 aliphatic carbocycles. The van der Waals surface area contributed by atoms with Crippen molar-refractivity contribution in [2.45, 2.75) is 17.0 Å². The first-order chi connectivity index (χ1) is 10.0. The number of hydrogen-bond acceptors (Lipinski definition) is 8. The van der Waals surface area contributed by atoms with E-state index in [4.69, 9.17) is 10.2 Å². The minimum atomic E-state index is -0.441. The van der Waals surface area contributed by atoms with Crippen LogP contribution in [0, 0.1) is 6.92 Å². The maximum atomic E-state index is 11.7. The Morgan fingerprint density at radius 1 is 1.43 bits per heavy atom. The number of hydrogen-bond donors (Lipinski definition) is 2. The van der Waals surface area contributed by atoms with Crippen LogP contribution in [0.15, 0.2) is 31.8 Å². The Morgan fingerprint density at radius 3 is 2.95 bits per heavy atom. The van der Waals surface area contributed by atoms with E-state index in [0.717, 1.165) is 15.3 Å². The molecule has 0 fully saturated rings. The monoisotopic (exact) mass is 321 g/mol. The van der Waals surface area contributed by atoms with Gasteiger partial charge < -0.3 is 15.3 Å². The lowest BCUT2D eigenvalue weighted by atomic mass is 10.1. The first-order valence-corrected chi connectivity index (χ1v) is 7.82. The van der Waals surface area contributed by atoms with Crippen molar-refractivity contribution in [2.24, 2.45) is 0 Å². The van der Waals surface area contributed by atoms with Gasteiger partial charge in [0.15, 0.2) is 4.34 Å². The highest BCUT2D eigenvalue weighted by atomic mass is 32.2. The van der Waals surface area contributed by atoms with Crippen LogP contribution in [0.1, 0.15) is 11.1 Å². The van der Waals surface area contributed by atoms with Gasteiger partial charge >= 0.3 is 5.63 Å². The van der Waals surface area contributed by atoms with Gasteiger partial charge in [0.2, 0.25) is 5.13 Å². The van der Waals surface area contributed by atoms with Crippen molar-refractivity contribution in [3.05, 3.63) is 39.7 Å². The van der Waals surface area contributed by atoms with Crippen molar-refractivity contribution in [1.82, 2.24) is 10.2 Å². The van der Waals surface area contributed by atoms with Gasteiger partial charge in [0, 0.05) is 22.8 Å². The number of nitrogens with zero attached hydrogens (tertiary/aromatic N) is 2. The molecular formula is C13H11N3O3S2. The average Bonchev–Trinajstić information content (AvgIpc) is 2.86. The molecule has 3 aromatic rings. The van der Waals surface area contributed by atoms with Gasteiger partial charge in [-0.3, -0.25) is 0 Å². The van der Waals surface area contributed by atoms with Crippen LogP contribution in [0.5, 0.6) is 5.75 Å². The summed E-state index contributed by atoms with van der Waals surface area (Å²) in [5.41, 5.74) is 6.88. The Kier molecular flexibility index (Phi) is 3.56. The van der Waals surface area contributed by atoms with Gasteiger partial charge in [-0.15, -0.1) is 10.2 Å². The van der Waals surface area contributed by atoms with Crippen LogP contribution >= 0.6 is 23.1 Å². The van der Waals surface area contributed by atoms with Crippen molar-refractivity contribution < 1.29 is 9.52 Å². The lowest BCUT2D eigenvalue weighted by Gasteiger charge is -2.07. The average molecular weight is 321 g/mol. The SMILES string of the molecule is Cc1c(O)ccc2c(CSc3nnc(N)s3)cc(=O)oc12. The molecule has 0 aliphatic heterocycles. The number of nitrogens with two attached hydrogens (primary N) is 1. The number of fused-ring (bicyclic) bond motifs is 1. The van der Waals surface area contributed by atoms with E-state index in [9.17, 15) is 9.90 Å². The smallest absolute Gasteiger partial charge is 0.336 e. The molecule has 0 spiro atoms. The predicted octanol–water partition coefficient (Wildman–Crippen LogP) is 2.53. The fraction of sp³-hybridized carbons (Fsp3) is 0.154. The summed E-state index contributed by atoms with van der Waals surface area (Å²) < 4.78 is 5.94. The third-order valence-electron chi connectivity index (χ3n) is 2.99. The third-order valence-corrected chi connectivity index (χ3v) is 4.93. The normalized spacial score (nSPS) is 11.1. The summed E-state index contributed by atoms with van der Waals surface area (Å²) in [7, 11) is 0. The minimum Gasteiger partial charge on any atom is -0.508 e. The largest absolute Gasteiger partial charge is 0.508 e. The van der Waals surface area contributed by atoms with E-state index in [1.54, 1.807) is 19.1 Å². The number of phenolic OH excluding ortho intramolecular Hbond substituents is 1. The third kappa shape index (κ3) is 2.72. The fourth-order valence-electron chi connectivity index (χ4n) is 1.95. The first-order valence-electron chi connectivity index (χ1n) is 6.01. The number of rotatable bonds is 3. The van der Waals surface area contributed by atoms with Crippen LogP contribution in [0.2, 0.25) is 0 Å². The van der Waals surface area contributed by atoms with Gasteiger partial charge in [-0.05, 0) is 24.6 Å². The lowest BCUT2D eigenvalue weighted by molar-refractivity contribution is 0.468. The van der Waals surface area contributed by atoms with Crippen molar-refractivity contribution in [1.29, 1.82) is 0 Å². The molecule has 0 saturated carbocycles. The molecule has 1 aromatic carbocycles. The number of anilines is 1. The summed E-state index contributed by atoms with van der Waals surface area (Å²) in [5.74, 6) is 0.647. The summed E-state index contributed by atoms with van der Waals surface area (Å²) in [4.78, 5) is 11.7. The van der Waals surface area contributed by atoms with Crippen LogP contribution in [-0.2, 0) is 5.75 Å². The van der Waals surface area contributed by atoms with E-state index in [1.807, 2.05) is 0 Å². The highest BCUT2D eigenvalue weighted by Crippen LogP contribution is 2.32. The summed E-state index contributed by atoms with van der Waals surface area (Å²) >= 11 is 2.75. The van der Waals surface area contributed by atoms with Crippen LogP contribution in [0.3, 0.4) is 0 Å². The fourth-order valence-corrected chi connectivity index (χ4v) is 3.58. The van der Waals surface area contributed by atoms with E-state index >= 15 is 0 Å². The van der Waals surface area contributed by atoms with Crippen LogP contribution in [0.4, 0.5) is 5.13 Å². The number of aromatic hydroxyl groups is 1. The van der Waals surface area contributed by atoms with Gasteiger partial charge in [-0.2, -0.15) is 0 Å². The van der Waals surface area contributed by atoms with E-state index in [0.29, 0.717) is 22.0 Å². The molecule has 3 rings (SSSR count). The molecule has 0 atom stereocenters. The second kappa shape index (κ2) is 5.38. The molecule has 0 bridgehead atoms. The van der Waals surface area contributed by atoms with Crippen LogP contribution in [-0.4, -0.2) is 15.3 Å². The predicted molar refractivity (Wildman–Crippen MR) is 82.8 cm³/mol. The zero-order valence-electron chi connectivity index (χ0n) is 11.0. The Hall–Kier alpha value is -2.06. The molecule has 0 aliphatic rings. The molecule has 0 radical (unpaired) electrons. The summed E-state index contributed by atoms with van der Waals surface area (Å²) in [6.45, 7) is 1.71. The Balaban J connectivity index is 2.01. The Morgan fingerprint density at radius 2 is 2.24 bits per heavy atom. The first kappa shape index (κ1) is 13.9. The highest BCUT2D eigenvalue weighted by molar-refractivity contribution is 8.00. The van der Waals surface area contributed by atoms with Crippen LogP contribution in [0.25, 0.3) is 11.0 Å². The zero-order valence-corrected chi connectivity index (χ0v) is 12.6. The minimum absolute atomic E-state index is 0.104. The Bertz CT molecular complexity index is 873. The summed E-state index contributed by atoms with van der Waals surface area (Å²) in [6.07, 6.45) is 0. The Labute approximate surface area is 127 Å². The van der Waals surface area contributed by atoms with Crippen molar-refractivity contribution in [2.75, 3.05) is 5.73 Å². The number of aromatic nitrogens is 2. The molecule has 0 saturated heterocycles. The number of phenols is 1. The van der Waals surface area contributed by atoms with Crippen molar-refractivity contribution in [3.8, 4) is 5.75 Å². The molecule has 8 heteroatoms. The molecule has 0 amide bonds. The standard InChI is InChI=1S/C13H11N3O3S2/c1-6-9(17)3-2-8-7(4-10(18)19-11(6)8)5-20-13-16-15-12(14)21-13/h2-4,17H,5H2,1H3,(H2,14,15). The van der Waals surface area contributed by atoms with E-state index in [2.05, 4.69) is 10.2 Å². The summed E-state index contributed by atoms with van der Waals surface area (Å²) in [5, 5.41) is 18.6. The molecule has 0 unspecified atom stereocenters. The summed E-state index contributed by atoms with van der Waals surface area (Å²) in [6, 6.07) is 4.79. The topological polar surface area (TPSA) is 102 Å². The second-order valence-corrected chi connectivity index (χ2v) is 6.60. The number of benzene rings is 1. The van der Waals surface area contributed by atoms with E-state index in [-0.39, 0.29) is 5.75 Å². The molecule has 21 heavy (non-hydrogen) atoms. The molecule has 2 aromatic heterocycles. The highest BCUT2D eigenvalue weighted by Gasteiger charge is 2.12. The number of thioether (sulfide) groups is 1. The van der Waals surface area contributed by atoms with Crippen molar-refractivity contribution in [3.63, 3.8) is 0 Å².